The predicted molar refractivity (Wildman–Crippen MR) is 111 cm³/mol. The standard InChI is InChI=1S/C21H26N4O3S/c1-12(2)17-11-25-20(28-17)18(10-22-25)29(27)24-21(26)23-19-15-7-3-5-13(15)9-14-6-4-8-16(14)19/h9-10,12,17H,3-8,11H2,1-2H3,(H2,23,24,26)/t17-,29-/m0/s1. The van der Waals surface area contributed by atoms with Crippen LogP contribution in [0.1, 0.15) is 48.9 Å². The van der Waals surface area contributed by atoms with Crippen molar-refractivity contribution in [2.24, 2.45) is 5.92 Å². The fourth-order valence-electron chi connectivity index (χ4n) is 4.68. The molecule has 29 heavy (non-hydrogen) atoms. The minimum Gasteiger partial charge on any atom is -0.588 e. The molecule has 2 aliphatic carbocycles. The Bertz CT molecular complexity index is 939. The Balaban J connectivity index is 1.32. The Morgan fingerprint density at radius 3 is 2.59 bits per heavy atom. The average molecular weight is 415 g/mol. The zero-order valence-electron chi connectivity index (χ0n) is 16.8. The Kier molecular flexibility index (Phi) is 4.70. The molecule has 2 heterocycles. The zero-order valence-corrected chi connectivity index (χ0v) is 17.6. The summed E-state index contributed by atoms with van der Waals surface area (Å²) in [7, 11) is 0. The van der Waals surface area contributed by atoms with Gasteiger partial charge in [-0.1, -0.05) is 19.9 Å². The summed E-state index contributed by atoms with van der Waals surface area (Å²) in [6, 6.07) is 1.88. The maximum atomic E-state index is 12.8. The van der Waals surface area contributed by atoms with Gasteiger partial charge in [0.25, 0.3) is 10.8 Å². The van der Waals surface area contributed by atoms with Crippen molar-refractivity contribution >= 4 is 23.1 Å². The zero-order chi connectivity index (χ0) is 20.1. The van der Waals surface area contributed by atoms with Crippen LogP contribution in [0.5, 0.6) is 5.88 Å². The average Bonchev–Trinajstić information content (AvgIpc) is 3.43. The highest BCUT2D eigenvalue weighted by Gasteiger charge is 2.35. The van der Waals surface area contributed by atoms with Crippen molar-refractivity contribution in [2.75, 3.05) is 5.32 Å². The van der Waals surface area contributed by atoms with Crippen molar-refractivity contribution in [2.45, 2.75) is 69.9 Å². The molecular formula is C21H26N4O3S. The molecule has 5 rings (SSSR count). The summed E-state index contributed by atoms with van der Waals surface area (Å²) >= 11 is -1.73. The molecule has 1 aromatic heterocycles. The van der Waals surface area contributed by atoms with Gasteiger partial charge >= 0.3 is 6.03 Å². The minimum atomic E-state index is -1.73. The molecule has 154 valence electrons. The quantitative estimate of drug-likeness (QED) is 0.752. The van der Waals surface area contributed by atoms with E-state index < -0.39 is 17.4 Å². The van der Waals surface area contributed by atoms with E-state index in [2.05, 4.69) is 35.1 Å². The van der Waals surface area contributed by atoms with Crippen molar-refractivity contribution in [1.29, 1.82) is 0 Å². The molecule has 2 N–H and O–H groups in total. The number of amides is 2. The van der Waals surface area contributed by atoms with Gasteiger partial charge in [0.1, 0.15) is 23.7 Å². The molecule has 2 amide bonds. The third-order valence-corrected chi connectivity index (χ3v) is 7.27. The molecule has 0 radical (unpaired) electrons. The molecule has 8 heteroatoms. The van der Waals surface area contributed by atoms with Crippen LogP contribution in [0, 0.1) is 5.92 Å². The smallest absolute Gasteiger partial charge is 0.361 e. The van der Waals surface area contributed by atoms with Gasteiger partial charge in [-0.05, 0) is 66.7 Å². The number of carbonyl (C=O) groups excluding carboxylic acids is 1. The van der Waals surface area contributed by atoms with E-state index >= 15 is 0 Å². The van der Waals surface area contributed by atoms with E-state index in [0.717, 1.165) is 44.2 Å². The van der Waals surface area contributed by atoms with E-state index in [1.807, 2.05) is 0 Å². The van der Waals surface area contributed by atoms with E-state index in [1.165, 1.54) is 28.5 Å². The summed E-state index contributed by atoms with van der Waals surface area (Å²) in [4.78, 5) is 13.1. The van der Waals surface area contributed by atoms with Gasteiger partial charge < -0.3 is 14.6 Å². The fraction of sp³-hybridized carbons (Fsp3) is 0.524. The van der Waals surface area contributed by atoms with Gasteiger partial charge in [-0.25, -0.2) is 9.48 Å². The summed E-state index contributed by atoms with van der Waals surface area (Å²) in [5.74, 6) is 0.820. The predicted octanol–water partition coefficient (Wildman–Crippen LogP) is 3.12. The van der Waals surface area contributed by atoms with Gasteiger partial charge in [-0.15, -0.1) is 4.72 Å². The molecule has 0 saturated heterocycles. The summed E-state index contributed by atoms with van der Waals surface area (Å²) in [6.07, 6.45) is 7.89. The number of hydrogen-bond acceptors (Lipinski definition) is 4. The van der Waals surface area contributed by atoms with E-state index in [4.69, 9.17) is 4.74 Å². The Hall–Kier alpha value is -2.19. The number of rotatable bonds is 4. The summed E-state index contributed by atoms with van der Waals surface area (Å²) in [5, 5.41) is 7.28. The molecule has 0 saturated carbocycles. The van der Waals surface area contributed by atoms with Crippen molar-refractivity contribution in [3.8, 4) is 5.88 Å². The van der Waals surface area contributed by atoms with Crippen LogP contribution in [0.3, 0.4) is 0 Å². The van der Waals surface area contributed by atoms with Crippen LogP contribution in [0.15, 0.2) is 17.2 Å². The number of benzene rings is 1. The highest BCUT2D eigenvalue weighted by Crippen LogP contribution is 2.38. The number of carbonyl (C=O) groups is 1. The van der Waals surface area contributed by atoms with Gasteiger partial charge in [0.2, 0.25) is 0 Å². The van der Waals surface area contributed by atoms with Gasteiger partial charge in [-0.3, -0.25) is 0 Å². The largest absolute Gasteiger partial charge is 0.588 e. The van der Waals surface area contributed by atoms with Gasteiger partial charge in [0.05, 0.1) is 6.54 Å². The first-order valence-electron chi connectivity index (χ1n) is 10.4. The summed E-state index contributed by atoms with van der Waals surface area (Å²) in [5.41, 5.74) is 6.15. The third-order valence-electron chi connectivity index (χ3n) is 6.22. The molecule has 1 aliphatic heterocycles. The lowest BCUT2D eigenvalue weighted by molar-refractivity contribution is 0.173. The molecule has 0 unspecified atom stereocenters. The maximum Gasteiger partial charge on any atom is 0.361 e. The molecule has 0 bridgehead atoms. The van der Waals surface area contributed by atoms with Gasteiger partial charge in [0.15, 0.2) is 0 Å². The number of aryl methyl sites for hydroxylation is 2. The number of nitrogens with one attached hydrogen (secondary N) is 2. The molecule has 7 nitrogen and oxygen atoms in total. The van der Waals surface area contributed by atoms with Crippen molar-refractivity contribution in [1.82, 2.24) is 14.5 Å². The Labute approximate surface area is 173 Å². The first-order valence-corrected chi connectivity index (χ1v) is 11.5. The van der Waals surface area contributed by atoms with Crippen molar-refractivity contribution in [3.63, 3.8) is 0 Å². The highest BCUT2D eigenvalue weighted by atomic mass is 32.2. The first-order chi connectivity index (χ1) is 14.0. The van der Waals surface area contributed by atoms with Crippen LogP contribution in [-0.4, -0.2) is 26.5 Å². The molecular weight excluding hydrogens is 388 g/mol. The lowest BCUT2D eigenvalue weighted by Crippen LogP contribution is -2.35. The summed E-state index contributed by atoms with van der Waals surface area (Å²) in [6.45, 7) is 4.80. The van der Waals surface area contributed by atoms with Crippen molar-refractivity contribution in [3.05, 3.63) is 34.5 Å². The Morgan fingerprint density at radius 1 is 1.24 bits per heavy atom. The maximum absolute atomic E-state index is 12.8. The van der Waals surface area contributed by atoms with Crippen LogP contribution in [0.4, 0.5) is 10.5 Å². The van der Waals surface area contributed by atoms with Gasteiger partial charge in [-0.2, -0.15) is 5.10 Å². The SMILES string of the molecule is CC(C)[C@@H]1Cn2ncc([S@+]([O-])NC(=O)Nc3c4c(cc5c3CCC5)CCC4)c2O1. The molecule has 2 atom stereocenters. The second-order valence-electron chi connectivity index (χ2n) is 8.46. The molecule has 1 aromatic carbocycles. The summed E-state index contributed by atoms with van der Waals surface area (Å²) < 4.78 is 23.0. The number of nitrogens with zero attached hydrogens (tertiary/aromatic N) is 2. The first kappa shape index (κ1) is 18.8. The lowest BCUT2D eigenvalue weighted by atomic mass is 9.99. The van der Waals surface area contributed by atoms with Crippen LogP contribution in [0.25, 0.3) is 0 Å². The number of aromatic nitrogens is 2. The monoisotopic (exact) mass is 414 g/mol. The van der Waals surface area contributed by atoms with Crippen LogP contribution in [0.2, 0.25) is 0 Å². The second-order valence-corrected chi connectivity index (χ2v) is 9.64. The topological polar surface area (TPSA) is 91.2 Å². The van der Waals surface area contributed by atoms with Gasteiger partial charge in [0, 0.05) is 5.69 Å². The molecule has 0 fully saturated rings. The van der Waals surface area contributed by atoms with E-state index in [9.17, 15) is 9.35 Å². The number of hydrogen-bond donors (Lipinski definition) is 2. The Morgan fingerprint density at radius 2 is 1.93 bits per heavy atom. The van der Waals surface area contributed by atoms with Crippen LogP contribution in [-0.2, 0) is 43.6 Å². The van der Waals surface area contributed by atoms with Crippen molar-refractivity contribution < 1.29 is 14.1 Å². The van der Waals surface area contributed by atoms with E-state index in [0.29, 0.717) is 23.2 Å². The normalized spacial score (nSPS) is 20.2. The van der Waals surface area contributed by atoms with E-state index in [1.54, 1.807) is 4.68 Å². The minimum absolute atomic E-state index is 0.0118. The molecule has 3 aliphatic rings. The van der Waals surface area contributed by atoms with Crippen LogP contribution < -0.4 is 14.8 Å². The number of fused-ring (bicyclic) bond motifs is 3. The third kappa shape index (κ3) is 3.28. The number of anilines is 1. The lowest BCUT2D eigenvalue weighted by Gasteiger charge is -2.17. The van der Waals surface area contributed by atoms with Crippen LogP contribution >= 0.6 is 0 Å². The molecule has 0 spiro atoms. The second kappa shape index (κ2) is 7.25. The fourth-order valence-corrected chi connectivity index (χ4v) is 5.46. The number of urea groups is 1. The molecule has 2 aromatic rings. The number of ether oxygens (including phenoxy) is 1. The van der Waals surface area contributed by atoms with E-state index in [-0.39, 0.29) is 6.10 Å². The highest BCUT2D eigenvalue weighted by molar-refractivity contribution is 7.90.